The van der Waals surface area contributed by atoms with Gasteiger partial charge in [0, 0.05) is 36.2 Å². The summed E-state index contributed by atoms with van der Waals surface area (Å²) in [6.07, 6.45) is 0.688. The number of aryl methyl sites for hydroxylation is 1. The van der Waals surface area contributed by atoms with E-state index >= 15 is 0 Å². The molecule has 0 atom stereocenters. The predicted octanol–water partition coefficient (Wildman–Crippen LogP) is 3.56. The molecule has 0 saturated carbocycles. The zero-order valence-corrected chi connectivity index (χ0v) is 13.0. The Bertz CT molecular complexity index is 611. The fourth-order valence-electron chi connectivity index (χ4n) is 2.07. The lowest BCUT2D eigenvalue weighted by Gasteiger charge is -2.07. The molecule has 0 unspecified atom stereocenters. The quantitative estimate of drug-likeness (QED) is 0.859. The number of benzene rings is 1. The SMILES string of the molecule is CCOCCc1nn(C)c(N)c1-c1ccc(Cl)cc1Cl. The summed E-state index contributed by atoms with van der Waals surface area (Å²) in [5, 5.41) is 5.60. The summed E-state index contributed by atoms with van der Waals surface area (Å²) in [4.78, 5) is 0. The highest BCUT2D eigenvalue weighted by molar-refractivity contribution is 6.36. The first-order valence-corrected chi connectivity index (χ1v) is 7.14. The summed E-state index contributed by atoms with van der Waals surface area (Å²) in [6.45, 7) is 3.24. The average Bonchev–Trinajstić information content (AvgIpc) is 2.67. The first kappa shape index (κ1) is 15.2. The van der Waals surface area contributed by atoms with Crippen LogP contribution in [0, 0.1) is 0 Å². The van der Waals surface area contributed by atoms with Crippen LogP contribution >= 0.6 is 23.2 Å². The zero-order chi connectivity index (χ0) is 14.7. The summed E-state index contributed by atoms with van der Waals surface area (Å²) in [5.74, 6) is 0.584. The number of hydrogen-bond donors (Lipinski definition) is 1. The molecular weight excluding hydrogens is 297 g/mol. The van der Waals surface area contributed by atoms with E-state index in [0.29, 0.717) is 35.5 Å². The summed E-state index contributed by atoms with van der Waals surface area (Å²) in [7, 11) is 1.81. The van der Waals surface area contributed by atoms with Crippen molar-refractivity contribution in [2.24, 2.45) is 7.05 Å². The molecular formula is C14H17Cl2N3O. The minimum atomic E-state index is 0.565. The van der Waals surface area contributed by atoms with Crippen molar-refractivity contribution in [3.05, 3.63) is 33.9 Å². The Kier molecular flexibility index (Phi) is 4.91. The van der Waals surface area contributed by atoms with Gasteiger partial charge in [0.15, 0.2) is 0 Å². The number of rotatable bonds is 5. The summed E-state index contributed by atoms with van der Waals surface area (Å²) in [6, 6.07) is 5.36. The molecule has 0 spiro atoms. The van der Waals surface area contributed by atoms with Gasteiger partial charge in [-0.15, -0.1) is 0 Å². The highest BCUT2D eigenvalue weighted by Crippen LogP contribution is 2.36. The highest BCUT2D eigenvalue weighted by atomic mass is 35.5. The molecule has 0 fully saturated rings. The van der Waals surface area contributed by atoms with Crippen molar-refractivity contribution in [2.45, 2.75) is 13.3 Å². The fraction of sp³-hybridized carbons (Fsp3) is 0.357. The minimum Gasteiger partial charge on any atom is -0.383 e. The number of anilines is 1. The van der Waals surface area contributed by atoms with Gasteiger partial charge in [-0.3, -0.25) is 4.68 Å². The molecule has 2 N–H and O–H groups in total. The highest BCUT2D eigenvalue weighted by Gasteiger charge is 2.18. The van der Waals surface area contributed by atoms with Crippen molar-refractivity contribution in [1.82, 2.24) is 9.78 Å². The lowest BCUT2D eigenvalue weighted by molar-refractivity contribution is 0.150. The molecule has 0 aliphatic carbocycles. The van der Waals surface area contributed by atoms with Crippen LogP contribution < -0.4 is 5.73 Å². The van der Waals surface area contributed by atoms with Gasteiger partial charge in [-0.05, 0) is 19.1 Å². The van der Waals surface area contributed by atoms with E-state index in [1.807, 2.05) is 20.0 Å². The molecule has 1 aromatic carbocycles. The molecule has 4 nitrogen and oxygen atoms in total. The van der Waals surface area contributed by atoms with Crippen molar-refractivity contribution in [3.63, 3.8) is 0 Å². The molecule has 1 heterocycles. The summed E-state index contributed by atoms with van der Waals surface area (Å²) < 4.78 is 7.04. The number of ether oxygens (including phenoxy) is 1. The van der Waals surface area contributed by atoms with Gasteiger partial charge in [0.05, 0.1) is 17.3 Å². The second-order valence-corrected chi connectivity index (χ2v) is 5.25. The van der Waals surface area contributed by atoms with E-state index in [4.69, 9.17) is 33.7 Å². The van der Waals surface area contributed by atoms with Crippen LogP contribution in [0.4, 0.5) is 5.82 Å². The molecule has 0 saturated heterocycles. The molecule has 0 radical (unpaired) electrons. The van der Waals surface area contributed by atoms with Crippen LogP contribution in [0.3, 0.4) is 0 Å². The second kappa shape index (κ2) is 6.48. The smallest absolute Gasteiger partial charge is 0.129 e. The van der Waals surface area contributed by atoms with Crippen LogP contribution in [0.2, 0.25) is 10.0 Å². The van der Waals surface area contributed by atoms with Crippen LogP contribution in [-0.2, 0) is 18.2 Å². The first-order chi connectivity index (χ1) is 9.54. The number of hydrogen-bond acceptors (Lipinski definition) is 3. The van der Waals surface area contributed by atoms with E-state index in [-0.39, 0.29) is 0 Å². The van der Waals surface area contributed by atoms with Crippen molar-refractivity contribution in [3.8, 4) is 11.1 Å². The van der Waals surface area contributed by atoms with E-state index in [9.17, 15) is 0 Å². The topological polar surface area (TPSA) is 53.1 Å². The number of nitrogens with zero attached hydrogens (tertiary/aromatic N) is 2. The van der Waals surface area contributed by atoms with Gasteiger partial charge in [0.25, 0.3) is 0 Å². The molecule has 0 bridgehead atoms. The van der Waals surface area contributed by atoms with Crippen LogP contribution in [0.5, 0.6) is 0 Å². The first-order valence-electron chi connectivity index (χ1n) is 6.39. The third kappa shape index (κ3) is 3.08. The van der Waals surface area contributed by atoms with Gasteiger partial charge in [-0.1, -0.05) is 29.3 Å². The second-order valence-electron chi connectivity index (χ2n) is 4.40. The molecule has 6 heteroatoms. The van der Waals surface area contributed by atoms with Gasteiger partial charge in [-0.25, -0.2) is 0 Å². The van der Waals surface area contributed by atoms with Gasteiger partial charge < -0.3 is 10.5 Å². The Balaban J connectivity index is 2.43. The van der Waals surface area contributed by atoms with Gasteiger partial charge in [-0.2, -0.15) is 5.10 Å². The molecule has 1 aromatic heterocycles. The Labute approximate surface area is 128 Å². The molecule has 0 amide bonds. The Morgan fingerprint density at radius 3 is 2.75 bits per heavy atom. The number of nitrogen functional groups attached to an aromatic ring is 1. The largest absolute Gasteiger partial charge is 0.383 e. The monoisotopic (exact) mass is 313 g/mol. The van der Waals surface area contributed by atoms with E-state index in [1.165, 1.54) is 0 Å². The maximum Gasteiger partial charge on any atom is 0.129 e. The van der Waals surface area contributed by atoms with Crippen LogP contribution in [0.25, 0.3) is 11.1 Å². The van der Waals surface area contributed by atoms with E-state index in [2.05, 4.69) is 5.10 Å². The predicted molar refractivity (Wildman–Crippen MR) is 83.3 cm³/mol. The number of aromatic nitrogens is 2. The molecule has 0 aliphatic heterocycles. The molecule has 0 aliphatic rings. The maximum absolute atomic E-state index is 6.27. The lowest BCUT2D eigenvalue weighted by atomic mass is 10.0. The zero-order valence-electron chi connectivity index (χ0n) is 11.5. The Hall–Kier alpha value is -1.23. The van der Waals surface area contributed by atoms with Crippen LogP contribution in [0.1, 0.15) is 12.6 Å². The normalized spacial score (nSPS) is 11.0. The van der Waals surface area contributed by atoms with E-state index in [0.717, 1.165) is 16.8 Å². The summed E-state index contributed by atoms with van der Waals surface area (Å²) in [5.41, 5.74) is 8.69. The summed E-state index contributed by atoms with van der Waals surface area (Å²) >= 11 is 12.2. The molecule has 2 rings (SSSR count). The number of halogens is 2. The average molecular weight is 314 g/mol. The van der Waals surface area contributed by atoms with Crippen molar-refractivity contribution >= 4 is 29.0 Å². The van der Waals surface area contributed by atoms with Crippen LogP contribution in [0.15, 0.2) is 18.2 Å². The fourth-order valence-corrected chi connectivity index (χ4v) is 2.57. The minimum absolute atomic E-state index is 0.565. The third-order valence-corrected chi connectivity index (χ3v) is 3.60. The standard InChI is InChI=1S/C14H17Cl2N3O/c1-3-20-7-6-12-13(14(17)19(2)18-12)10-5-4-9(15)8-11(10)16/h4-5,8H,3,6-7,17H2,1-2H3. The Morgan fingerprint density at radius 2 is 2.10 bits per heavy atom. The van der Waals surface area contributed by atoms with Crippen LogP contribution in [-0.4, -0.2) is 23.0 Å². The molecule has 20 heavy (non-hydrogen) atoms. The van der Waals surface area contributed by atoms with Crippen molar-refractivity contribution in [1.29, 1.82) is 0 Å². The Morgan fingerprint density at radius 1 is 1.35 bits per heavy atom. The van der Waals surface area contributed by atoms with E-state index in [1.54, 1.807) is 16.8 Å². The number of nitrogens with two attached hydrogens (primary N) is 1. The molecule has 108 valence electrons. The van der Waals surface area contributed by atoms with Gasteiger partial charge in [0.2, 0.25) is 0 Å². The van der Waals surface area contributed by atoms with Gasteiger partial charge >= 0.3 is 0 Å². The van der Waals surface area contributed by atoms with Gasteiger partial charge in [0.1, 0.15) is 5.82 Å². The van der Waals surface area contributed by atoms with Crippen molar-refractivity contribution < 1.29 is 4.74 Å². The maximum atomic E-state index is 6.27. The lowest BCUT2D eigenvalue weighted by Crippen LogP contribution is -2.00. The third-order valence-electron chi connectivity index (χ3n) is 3.05. The van der Waals surface area contributed by atoms with E-state index < -0.39 is 0 Å². The molecule has 2 aromatic rings. The van der Waals surface area contributed by atoms with Crippen molar-refractivity contribution in [2.75, 3.05) is 18.9 Å².